The van der Waals surface area contributed by atoms with Crippen LogP contribution in [-0.4, -0.2) is 26.7 Å². The summed E-state index contributed by atoms with van der Waals surface area (Å²) in [7, 11) is -3.23. The van der Waals surface area contributed by atoms with Gasteiger partial charge in [0.15, 0.2) is 15.9 Å². The predicted octanol–water partition coefficient (Wildman–Crippen LogP) is 3.74. The van der Waals surface area contributed by atoms with Crippen molar-refractivity contribution in [3.63, 3.8) is 0 Å². The molecule has 6 heteroatoms. The highest BCUT2D eigenvalue weighted by Gasteiger charge is 2.21. The number of hydrogen-bond acceptors (Lipinski definition) is 4. The number of rotatable bonds is 7. The minimum Gasteiger partial charge on any atom is -0.481 e. The molecule has 2 aromatic rings. The maximum absolute atomic E-state index is 12.6. The smallest absolute Gasteiger partial charge is 0.261 e. The topological polar surface area (TPSA) is 72.5 Å². The first-order valence-corrected chi connectivity index (χ1v) is 10.8. The van der Waals surface area contributed by atoms with Crippen LogP contribution in [0, 0.1) is 13.8 Å². The lowest BCUT2D eigenvalue weighted by Crippen LogP contribution is -2.39. The third kappa shape index (κ3) is 5.57. The van der Waals surface area contributed by atoms with E-state index < -0.39 is 15.9 Å². The van der Waals surface area contributed by atoms with Crippen LogP contribution in [0.5, 0.6) is 5.75 Å². The molecule has 0 bridgehead atoms. The van der Waals surface area contributed by atoms with Crippen molar-refractivity contribution < 1.29 is 17.9 Å². The fourth-order valence-electron chi connectivity index (χ4n) is 2.67. The standard InChI is InChI=1S/C21H27NO4S/c1-6-20(26-18-10-7-14(2)15(3)13-18)21(23)22-16(4)17-8-11-19(12-9-17)27(5,24)25/h7-13,16,20H,6H2,1-5H3,(H,22,23)/t16-,20-/m0/s1. The second kappa shape index (κ2) is 8.57. The zero-order valence-electron chi connectivity index (χ0n) is 16.4. The summed E-state index contributed by atoms with van der Waals surface area (Å²) in [6, 6.07) is 12.0. The van der Waals surface area contributed by atoms with Crippen molar-refractivity contribution in [3.8, 4) is 5.75 Å². The lowest BCUT2D eigenvalue weighted by atomic mass is 10.1. The molecule has 2 rings (SSSR count). The summed E-state index contributed by atoms with van der Waals surface area (Å²) in [6.07, 6.45) is 1.12. The molecule has 0 aromatic heterocycles. The molecule has 0 aliphatic carbocycles. The Balaban J connectivity index is 2.05. The van der Waals surface area contributed by atoms with Gasteiger partial charge >= 0.3 is 0 Å². The molecule has 0 spiro atoms. The quantitative estimate of drug-likeness (QED) is 0.783. The average Bonchev–Trinajstić information content (AvgIpc) is 2.61. The maximum Gasteiger partial charge on any atom is 0.261 e. The lowest BCUT2D eigenvalue weighted by molar-refractivity contribution is -0.128. The molecular weight excluding hydrogens is 362 g/mol. The summed E-state index contributed by atoms with van der Waals surface area (Å²) in [5.41, 5.74) is 3.12. The van der Waals surface area contributed by atoms with Gasteiger partial charge < -0.3 is 10.1 Å². The Bertz CT molecular complexity index is 904. The van der Waals surface area contributed by atoms with E-state index in [1.807, 2.05) is 45.9 Å². The normalized spacial score (nSPS) is 13.7. The largest absolute Gasteiger partial charge is 0.481 e. The molecule has 0 aliphatic rings. The van der Waals surface area contributed by atoms with Gasteiger partial charge in [-0.3, -0.25) is 4.79 Å². The molecule has 2 atom stereocenters. The van der Waals surface area contributed by atoms with E-state index in [2.05, 4.69) is 5.32 Å². The molecule has 146 valence electrons. The molecule has 0 unspecified atom stereocenters. The van der Waals surface area contributed by atoms with E-state index in [-0.39, 0.29) is 16.8 Å². The first kappa shape index (κ1) is 21.0. The Morgan fingerprint density at radius 1 is 1.07 bits per heavy atom. The van der Waals surface area contributed by atoms with Crippen molar-refractivity contribution in [2.45, 2.75) is 51.2 Å². The van der Waals surface area contributed by atoms with Crippen molar-refractivity contribution in [2.24, 2.45) is 0 Å². The lowest BCUT2D eigenvalue weighted by Gasteiger charge is -2.21. The van der Waals surface area contributed by atoms with E-state index in [1.165, 1.54) is 11.8 Å². The Hall–Kier alpha value is -2.34. The van der Waals surface area contributed by atoms with Gasteiger partial charge in [0.05, 0.1) is 10.9 Å². The summed E-state index contributed by atoms with van der Waals surface area (Å²) in [5, 5.41) is 2.94. The van der Waals surface area contributed by atoms with E-state index >= 15 is 0 Å². The number of carbonyl (C=O) groups is 1. The molecule has 0 fully saturated rings. The molecule has 0 saturated carbocycles. The van der Waals surface area contributed by atoms with Crippen molar-refractivity contribution in [1.82, 2.24) is 5.32 Å². The number of hydrogen-bond donors (Lipinski definition) is 1. The highest BCUT2D eigenvalue weighted by Crippen LogP contribution is 2.20. The van der Waals surface area contributed by atoms with Crippen LogP contribution in [0.25, 0.3) is 0 Å². The zero-order chi connectivity index (χ0) is 20.2. The number of aryl methyl sites for hydroxylation is 2. The van der Waals surface area contributed by atoms with Gasteiger partial charge in [0.2, 0.25) is 0 Å². The van der Waals surface area contributed by atoms with Gasteiger partial charge in [-0.1, -0.05) is 25.1 Å². The van der Waals surface area contributed by atoms with Gasteiger partial charge in [-0.05, 0) is 68.1 Å². The van der Waals surface area contributed by atoms with Crippen molar-refractivity contribution in [3.05, 3.63) is 59.2 Å². The Labute approximate surface area is 161 Å². The second-order valence-electron chi connectivity index (χ2n) is 6.83. The summed E-state index contributed by atoms with van der Waals surface area (Å²) in [6.45, 7) is 7.79. The molecule has 0 heterocycles. The maximum atomic E-state index is 12.6. The minimum atomic E-state index is -3.23. The average molecular weight is 390 g/mol. The molecule has 1 N–H and O–H groups in total. The molecule has 0 radical (unpaired) electrons. The predicted molar refractivity (Wildman–Crippen MR) is 107 cm³/mol. The molecule has 1 amide bonds. The first-order valence-electron chi connectivity index (χ1n) is 8.96. The van der Waals surface area contributed by atoms with Crippen LogP contribution in [0.4, 0.5) is 0 Å². The highest BCUT2D eigenvalue weighted by molar-refractivity contribution is 7.90. The van der Waals surface area contributed by atoms with Crippen LogP contribution >= 0.6 is 0 Å². The molecule has 0 aliphatic heterocycles. The number of ether oxygens (including phenoxy) is 1. The van der Waals surface area contributed by atoms with Crippen LogP contribution in [0.15, 0.2) is 47.4 Å². The number of amides is 1. The molecule has 27 heavy (non-hydrogen) atoms. The Morgan fingerprint density at radius 2 is 1.70 bits per heavy atom. The van der Waals surface area contributed by atoms with Gasteiger partial charge in [0, 0.05) is 6.26 Å². The zero-order valence-corrected chi connectivity index (χ0v) is 17.3. The van der Waals surface area contributed by atoms with Crippen molar-refractivity contribution in [1.29, 1.82) is 0 Å². The van der Waals surface area contributed by atoms with Gasteiger partial charge in [-0.2, -0.15) is 0 Å². The number of carbonyl (C=O) groups excluding carboxylic acids is 1. The van der Waals surface area contributed by atoms with Gasteiger partial charge in [0.1, 0.15) is 5.75 Å². The summed E-state index contributed by atoms with van der Waals surface area (Å²) >= 11 is 0. The van der Waals surface area contributed by atoms with Crippen LogP contribution in [0.1, 0.15) is 43.0 Å². The second-order valence-corrected chi connectivity index (χ2v) is 8.85. The molecule has 0 saturated heterocycles. The first-order chi connectivity index (χ1) is 12.6. The minimum absolute atomic E-state index is 0.199. The third-order valence-electron chi connectivity index (χ3n) is 4.59. The monoisotopic (exact) mass is 389 g/mol. The summed E-state index contributed by atoms with van der Waals surface area (Å²) in [5.74, 6) is 0.473. The summed E-state index contributed by atoms with van der Waals surface area (Å²) < 4.78 is 29.0. The van der Waals surface area contributed by atoms with E-state index in [4.69, 9.17) is 4.74 Å². The highest BCUT2D eigenvalue weighted by atomic mass is 32.2. The van der Waals surface area contributed by atoms with E-state index in [9.17, 15) is 13.2 Å². The van der Waals surface area contributed by atoms with Gasteiger partial charge in [0.25, 0.3) is 5.91 Å². The third-order valence-corrected chi connectivity index (χ3v) is 5.72. The Kier molecular flexibility index (Phi) is 6.65. The van der Waals surface area contributed by atoms with E-state index in [0.717, 1.165) is 11.1 Å². The Morgan fingerprint density at radius 3 is 2.22 bits per heavy atom. The SMILES string of the molecule is CC[C@H](Oc1ccc(C)c(C)c1)C(=O)N[C@@H](C)c1ccc(S(C)(=O)=O)cc1. The van der Waals surface area contributed by atoms with Crippen molar-refractivity contribution in [2.75, 3.05) is 6.26 Å². The van der Waals surface area contributed by atoms with Crippen LogP contribution in [-0.2, 0) is 14.6 Å². The van der Waals surface area contributed by atoms with Crippen molar-refractivity contribution >= 4 is 15.7 Å². The van der Waals surface area contributed by atoms with Gasteiger partial charge in [-0.15, -0.1) is 0 Å². The summed E-state index contributed by atoms with van der Waals surface area (Å²) in [4.78, 5) is 12.9. The van der Waals surface area contributed by atoms with Crippen LogP contribution in [0.2, 0.25) is 0 Å². The number of sulfone groups is 1. The molecule has 5 nitrogen and oxygen atoms in total. The van der Waals surface area contributed by atoms with E-state index in [0.29, 0.717) is 12.2 Å². The molecule has 2 aromatic carbocycles. The number of benzene rings is 2. The molecular formula is C21H27NO4S. The fourth-order valence-corrected chi connectivity index (χ4v) is 3.30. The number of nitrogens with one attached hydrogen (secondary N) is 1. The van der Waals surface area contributed by atoms with Crippen LogP contribution in [0.3, 0.4) is 0 Å². The fraction of sp³-hybridized carbons (Fsp3) is 0.381. The van der Waals surface area contributed by atoms with E-state index in [1.54, 1.807) is 24.3 Å². The van der Waals surface area contributed by atoms with Gasteiger partial charge in [-0.25, -0.2) is 8.42 Å². The van der Waals surface area contributed by atoms with Crippen LogP contribution < -0.4 is 10.1 Å².